The third kappa shape index (κ3) is 4.71. The summed E-state index contributed by atoms with van der Waals surface area (Å²) >= 11 is 3.89. The van der Waals surface area contributed by atoms with Gasteiger partial charge in [0.2, 0.25) is 0 Å². The van der Waals surface area contributed by atoms with Crippen LogP contribution in [0.15, 0.2) is 60.9 Å². The summed E-state index contributed by atoms with van der Waals surface area (Å²) < 4.78 is 13.0. The molecule has 2 aromatic heterocycles. The highest BCUT2D eigenvalue weighted by molar-refractivity contribution is 8.19. The number of ether oxygens (including phenoxy) is 2. The molecule has 1 aliphatic rings. The van der Waals surface area contributed by atoms with Gasteiger partial charge in [-0.2, -0.15) is 5.10 Å². The molecule has 0 unspecified atom stereocenters. The van der Waals surface area contributed by atoms with E-state index in [9.17, 15) is 4.79 Å². The monoisotopic (exact) mass is 492 g/mol. The van der Waals surface area contributed by atoms with Gasteiger partial charge in [-0.15, -0.1) is 23.5 Å². The number of fused-ring (bicyclic) bond motifs is 1. The maximum absolute atomic E-state index is 12.9. The van der Waals surface area contributed by atoms with E-state index in [1.807, 2.05) is 59.9 Å². The second-order valence-electron chi connectivity index (χ2n) is 7.77. The van der Waals surface area contributed by atoms with Crippen LogP contribution >= 0.6 is 23.5 Å². The average molecular weight is 493 g/mol. The smallest absolute Gasteiger partial charge is 0.257 e. The van der Waals surface area contributed by atoms with Crippen LogP contribution in [0.3, 0.4) is 0 Å². The fourth-order valence-corrected chi connectivity index (χ4v) is 6.71. The Morgan fingerprint density at radius 1 is 1.09 bits per heavy atom. The number of hydrogen-bond acceptors (Lipinski definition) is 7. The maximum Gasteiger partial charge on any atom is 0.257 e. The summed E-state index contributed by atoms with van der Waals surface area (Å²) in [5, 5.41) is 8.28. The van der Waals surface area contributed by atoms with Crippen molar-refractivity contribution in [1.29, 1.82) is 0 Å². The van der Waals surface area contributed by atoms with Crippen LogP contribution in [0.5, 0.6) is 11.5 Å². The number of anilines is 1. The molecule has 2 aromatic carbocycles. The van der Waals surface area contributed by atoms with Crippen LogP contribution < -0.4 is 14.8 Å². The van der Waals surface area contributed by atoms with E-state index in [0.717, 1.165) is 39.6 Å². The fraction of sp³-hybridized carbons (Fsp3) is 0.240. The van der Waals surface area contributed by atoms with Crippen LogP contribution in [-0.2, 0) is 6.54 Å². The summed E-state index contributed by atoms with van der Waals surface area (Å²) in [6.45, 7) is 0.485. The van der Waals surface area contributed by atoms with Crippen LogP contribution in [0.4, 0.5) is 5.69 Å². The molecule has 34 heavy (non-hydrogen) atoms. The molecular weight excluding hydrogens is 468 g/mol. The highest BCUT2D eigenvalue weighted by Crippen LogP contribution is 2.45. The molecule has 1 amide bonds. The Balaban J connectivity index is 1.33. The molecule has 1 N–H and O–H groups in total. The van der Waals surface area contributed by atoms with Crippen LogP contribution in [0.2, 0.25) is 0 Å². The topological polar surface area (TPSA) is 78.3 Å². The predicted molar refractivity (Wildman–Crippen MR) is 138 cm³/mol. The van der Waals surface area contributed by atoms with E-state index in [1.54, 1.807) is 31.3 Å². The summed E-state index contributed by atoms with van der Waals surface area (Å²) in [5.74, 6) is 3.58. The minimum atomic E-state index is -0.192. The first-order valence-electron chi connectivity index (χ1n) is 10.8. The number of carbonyl (C=O) groups is 1. The Kier molecular flexibility index (Phi) is 6.64. The number of methoxy groups -OCH3 is 2. The molecule has 3 heterocycles. The van der Waals surface area contributed by atoms with Crippen molar-refractivity contribution in [3.8, 4) is 11.5 Å². The maximum atomic E-state index is 12.9. The zero-order chi connectivity index (χ0) is 23.5. The molecule has 0 radical (unpaired) electrons. The van der Waals surface area contributed by atoms with E-state index < -0.39 is 0 Å². The molecule has 0 atom stereocenters. The number of nitrogens with zero attached hydrogens (tertiary/aromatic N) is 3. The predicted octanol–water partition coefficient (Wildman–Crippen LogP) is 5.23. The normalized spacial score (nSPS) is 13.8. The van der Waals surface area contributed by atoms with Crippen LogP contribution in [0.1, 0.15) is 26.1 Å². The van der Waals surface area contributed by atoms with Gasteiger partial charge in [0.25, 0.3) is 5.91 Å². The molecule has 9 heteroatoms. The highest BCUT2D eigenvalue weighted by Gasteiger charge is 2.19. The first-order chi connectivity index (χ1) is 16.6. The fourth-order valence-electron chi connectivity index (χ4n) is 3.87. The minimum Gasteiger partial charge on any atom is -0.497 e. The molecule has 0 spiro atoms. The van der Waals surface area contributed by atoms with Gasteiger partial charge in [-0.25, -0.2) is 9.67 Å². The quantitative estimate of drug-likeness (QED) is 0.379. The van der Waals surface area contributed by atoms with E-state index in [1.165, 1.54) is 5.56 Å². The molecule has 5 rings (SSSR count). The van der Waals surface area contributed by atoms with Crippen molar-refractivity contribution in [2.75, 3.05) is 31.0 Å². The molecule has 1 fully saturated rings. The molecule has 1 saturated heterocycles. The number of nitrogens with one attached hydrogen (secondary N) is 1. The van der Waals surface area contributed by atoms with E-state index in [2.05, 4.69) is 27.5 Å². The van der Waals surface area contributed by atoms with Gasteiger partial charge >= 0.3 is 0 Å². The average Bonchev–Trinajstić information content (AvgIpc) is 3.55. The van der Waals surface area contributed by atoms with Gasteiger partial charge in [0, 0.05) is 40.4 Å². The van der Waals surface area contributed by atoms with Crippen molar-refractivity contribution in [3.63, 3.8) is 0 Å². The van der Waals surface area contributed by atoms with Gasteiger partial charge in [0.15, 0.2) is 5.65 Å². The Bertz CT molecular complexity index is 1330. The Morgan fingerprint density at radius 2 is 1.94 bits per heavy atom. The van der Waals surface area contributed by atoms with Gasteiger partial charge in [0.1, 0.15) is 11.5 Å². The summed E-state index contributed by atoms with van der Waals surface area (Å²) in [7, 11) is 3.25. The molecule has 174 valence electrons. The standard InChI is InChI=1S/C25H24N4O3S2/c1-31-21-7-6-17(22(12-21)32-2)15-29-23-18(14-27-29)10-19(13-26-23)24(30)28-20-5-3-4-16(11-20)25-33-8-9-34-25/h3-7,10-14,25H,8-9,15H2,1-2H3,(H,28,30). The van der Waals surface area contributed by atoms with Gasteiger partial charge < -0.3 is 14.8 Å². The summed E-state index contributed by atoms with van der Waals surface area (Å²) in [5.41, 5.74) is 4.17. The lowest BCUT2D eigenvalue weighted by Crippen LogP contribution is -2.12. The third-order valence-corrected chi connectivity index (χ3v) is 8.70. The van der Waals surface area contributed by atoms with E-state index in [0.29, 0.717) is 22.3 Å². The number of amides is 1. The number of aromatic nitrogens is 3. The van der Waals surface area contributed by atoms with Crippen LogP contribution in [0.25, 0.3) is 11.0 Å². The van der Waals surface area contributed by atoms with Crippen molar-refractivity contribution in [1.82, 2.24) is 14.8 Å². The summed E-state index contributed by atoms with van der Waals surface area (Å²) in [4.78, 5) is 17.5. The van der Waals surface area contributed by atoms with Crippen LogP contribution in [-0.4, -0.2) is 46.4 Å². The Hall–Kier alpha value is -3.17. The Morgan fingerprint density at radius 3 is 2.74 bits per heavy atom. The number of hydrogen-bond donors (Lipinski definition) is 1. The largest absolute Gasteiger partial charge is 0.497 e. The number of thioether (sulfide) groups is 2. The minimum absolute atomic E-state index is 0.192. The molecule has 4 aromatic rings. The van der Waals surface area contributed by atoms with Crippen molar-refractivity contribution in [2.24, 2.45) is 0 Å². The van der Waals surface area contributed by atoms with Crippen molar-refractivity contribution < 1.29 is 14.3 Å². The SMILES string of the molecule is COc1ccc(Cn2ncc3cc(C(=O)Nc4cccc(C5SCCS5)c4)cnc32)c(OC)c1. The molecule has 0 saturated carbocycles. The zero-order valence-electron chi connectivity index (χ0n) is 18.9. The van der Waals surface area contributed by atoms with E-state index in [-0.39, 0.29) is 5.91 Å². The number of benzene rings is 2. The summed E-state index contributed by atoms with van der Waals surface area (Å²) in [6.07, 6.45) is 3.32. The number of pyridine rings is 1. The molecular formula is C25H24N4O3S2. The van der Waals surface area contributed by atoms with Gasteiger partial charge in [0.05, 0.1) is 37.1 Å². The second-order valence-corrected chi connectivity index (χ2v) is 10.5. The lowest BCUT2D eigenvalue weighted by Gasteiger charge is -2.12. The van der Waals surface area contributed by atoms with Gasteiger partial charge in [-0.05, 0) is 35.9 Å². The lowest BCUT2D eigenvalue weighted by atomic mass is 10.2. The second kappa shape index (κ2) is 9.99. The number of carbonyl (C=O) groups excluding carboxylic acids is 1. The molecule has 7 nitrogen and oxygen atoms in total. The van der Waals surface area contributed by atoms with E-state index >= 15 is 0 Å². The lowest BCUT2D eigenvalue weighted by molar-refractivity contribution is 0.102. The Labute approximate surface area is 206 Å². The summed E-state index contributed by atoms with van der Waals surface area (Å²) in [6, 6.07) is 15.6. The number of rotatable bonds is 7. The van der Waals surface area contributed by atoms with Gasteiger partial charge in [-0.3, -0.25) is 4.79 Å². The first kappa shape index (κ1) is 22.6. The van der Waals surface area contributed by atoms with Crippen molar-refractivity contribution in [2.45, 2.75) is 11.1 Å². The zero-order valence-corrected chi connectivity index (χ0v) is 20.5. The third-order valence-electron chi connectivity index (χ3n) is 5.59. The van der Waals surface area contributed by atoms with Gasteiger partial charge in [-0.1, -0.05) is 12.1 Å². The highest BCUT2D eigenvalue weighted by atomic mass is 32.2. The molecule has 0 bridgehead atoms. The first-order valence-corrected chi connectivity index (χ1v) is 12.9. The van der Waals surface area contributed by atoms with Crippen LogP contribution in [0, 0.1) is 0 Å². The molecule has 1 aliphatic heterocycles. The van der Waals surface area contributed by atoms with Crippen molar-refractivity contribution >= 4 is 46.2 Å². The van der Waals surface area contributed by atoms with E-state index in [4.69, 9.17) is 9.47 Å². The molecule has 0 aliphatic carbocycles. The van der Waals surface area contributed by atoms with Crippen molar-refractivity contribution in [3.05, 3.63) is 77.6 Å².